The van der Waals surface area contributed by atoms with Crippen molar-refractivity contribution in [1.82, 2.24) is 9.97 Å². The van der Waals surface area contributed by atoms with Gasteiger partial charge in [0.1, 0.15) is 11.4 Å². The highest BCUT2D eigenvalue weighted by Crippen LogP contribution is 2.33. The Morgan fingerprint density at radius 1 is 1.24 bits per heavy atom. The molecule has 0 bridgehead atoms. The molecule has 1 aliphatic heterocycles. The van der Waals surface area contributed by atoms with Gasteiger partial charge < -0.3 is 14.5 Å². The molecule has 0 atom stereocenters. The number of hydrogen-bond donors (Lipinski definition) is 1. The molecule has 0 saturated carbocycles. The number of aromatic amines is 1. The van der Waals surface area contributed by atoms with Gasteiger partial charge in [0.25, 0.3) is 5.56 Å². The van der Waals surface area contributed by atoms with Gasteiger partial charge >= 0.3 is 0 Å². The SMILES string of the molecule is COC1(c2nc(-c3ccccc3)cc(=O)[nH]2)CCOCC1. The van der Waals surface area contributed by atoms with Gasteiger partial charge in [0.2, 0.25) is 0 Å². The van der Waals surface area contributed by atoms with Crippen LogP contribution in [0.1, 0.15) is 18.7 Å². The summed E-state index contributed by atoms with van der Waals surface area (Å²) in [5, 5.41) is 0. The normalized spacial score (nSPS) is 17.6. The molecule has 21 heavy (non-hydrogen) atoms. The maximum absolute atomic E-state index is 12.0. The maximum Gasteiger partial charge on any atom is 0.251 e. The van der Waals surface area contributed by atoms with E-state index in [1.165, 1.54) is 6.07 Å². The van der Waals surface area contributed by atoms with E-state index in [-0.39, 0.29) is 5.56 Å². The number of ether oxygens (including phenoxy) is 2. The van der Waals surface area contributed by atoms with E-state index < -0.39 is 5.60 Å². The van der Waals surface area contributed by atoms with E-state index in [0.717, 1.165) is 5.56 Å². The van der Waals surface area contributed by atoms with Crippen molar-refractivity contribution in [2.75, 3.05) is 20.3 Å². The molecule has 1 saturated heterocycles. The van der Waals surface area contributed by atoms with Crippen LogP contribution in [0.4, 0.5) is 0 Å². The van der Waals surface area contributed by atoms with Gasteiger partial charge in [-0.2, -0.15) is 0 Å². The van der Waals surface area contributed by atoms with Crippen LogP contribution in [0.5, 0.6) is 0 Å². The molecule has 1 aliphatic rings. The van der Waals surface area contributed by atoms with Crippen molar-refractivity contribution in [3.63, 3.8) is 0 Å². The van der Waals surface area contributed by atoms with Crippen LogP contribution in [0.3, 0.4) is 0 Å². The molecule has 0 aliphatic carbocycles. The minimum Gasteiger partial charge on any atom is -0.381 e. The van der Waals surface area contributed by atoms with Crippen molar-refractivity contribution in [2.24, 2.45) is 0 Å². The third-order valence-electron chi connectivity index (χ3n) is 3.93. The Labute approximate surface area is 123 Å². The first kappa shape index (κ1) is 14.0. The van der Waals surface area contributed by atoms with Crippen LogP contribution < -0.4 is 5.56 Å². The monoisotopic (exact) mass is 286 g/mol. The van der Waals surface area contributed by atoms with Crippen LogP contribution in [0, 0.1) is 0 Å². The molecule has 110 valence electrons. The van der Waals surface area contributed by atoms with E-state index in [2.05, 4.69) is 9.97 Å². The molecule has 5 nitrogen and oxygen atoms in total. The molecule has 0 radical (unpaired) electrons. The average Bonchev–Trinajstić information content (AvgIpc) is 2.56. The first-order valence-electron chi connectivity index (χ1n) is 7.04. The second kappa shape index (κ2) is 5.79. The summed E-state index contributed by atoms with van der Waals surface area (Å²) in [6.45, 7) is 1.21. The first-order valence-corrected chi connectivity index (χ1v) is 7.04. The summed E-state index contributed by atoms with van der Waals surface area (Å²) in [7, 11) is 1.65. The molecule has 1 N–H and O–H groups in total. The number of nitrogens with one attached hydrogen (secondary N) is 1. The second-order valence-electron chi connectivity index (χ2n) is 5.16. The molecular formula is C16H18N2O3. The number of methoxy groups -OCH3 is 1. The molecule has 3 rings (SSSR count). The van der Waals surface area contributed by atoms with Crippen molar-refractivity contribution >= 4 is 0 Å². The molecule has 0 amide bonds. The minimum atomic E-state index is -0.567. The van der Waals surface area contributed by atoms with Crippen LogP contribution in [0.2, 0.25) is 0 Å². The predicted molar refractivity (Wildman–Crippen MR) is 79.0 cm³/mol. The van der Waals surface area contributed by atoms with Gasteiger partial charge in [-0.05, 0) is 0 Å². The number of H-pyrrole nitrogens is 1. The summed E-state index contributed by atoms with van der Waals surface area (Å²) in [5.74, 6) is 0.583. The van der Waals surface area contributed by atoms with Gasteiger partial charge in [0.15, 0.2) is 0 Å². The largest absolute Gasteiger partial charge is 0.381 e. The number of rotatable bonds is 3. The Bertz CT molecular complexity index is 661. The lowest BCUT2D eigenvalue weighted by molar-refractivity contribution is -0.100. The fraction of sp³-hybridized carbons (Fsp3) is 0.375. The topological polar surface area (TPSA) is 64.2 Å². The number of hydrogen-bond acceptors (Lipinski definition) is 4. The Hall–Kier alpha value is -1.98. The zero-order valence-electron chi connectivity index (χ0n) is 12.0. The smallest absolute Gasteiger partial charge is 0.251 e. The molecule has 1 fully saturated rings. The first-order chi connectivity index (χ1) is 10.2. The number of benzene rings is 1. The van der Waals surface area contributed by atoms with Crippen molar-refractivity contribution in [1.29, 1.82) is 0 Å². The Kier molecular flexibility index (Phi) is 3.86. The molecule has 1 aromatic heterocycles. The van der Waals surface area contributed by atoms with Gasteiger partial charge in [0, 0.05) is 44.8 Å². The van der Waals surface area contributed by atoms with Gasteiger partial charge in [-0.1, -0.05) is 30.3 Å². The Balaban J connectivity index is 2.07. The molecule has 0 unspecified atom stereocenters. The van der Waals surface area contributed by atoms with Crippen molar-refractivity contribution in [3.05, 3.63) is 52.6 Å². The molecular weight excluding hydrogens is 268 g/mol. The molecule has 0 spiro atoms. The highest BCUT2D eigenvalue weighted by molar-refractivity contribution is 5.58. The Morgan fingerprint density at radius 2 is 1.95 bits per heavy atom. The second-order valence-corrected chi connectivity index (χ2v) is 5.16. The van der Waals surface area contributed by atoms with E-state index in [9.17, 15) is 4.79 Å². The van der Waals surface area contributed by atoms with E-state index in [4.69, 9.17) is 9.47 Å². The summed E-state index contributed by atoms with van der Waals surface area (Å²) >= 11 is 0. The third kappa shape index (κ3) is 2.75. The molecule has 2 aromatic rings. The van der Waals surface area contributed by atoms with Gasteiger partial charge in [-0.25, -0.2) is 4.98 Å². The third-order valence-corrected chi connectivity index (χ3v) is 3.93. The van der Waals surface area contributed by atoms with Crippen LogP contribution in [0.15, 0.2) is 41.2 Å². The van der Waals surface area contributed by atoms with Crippen LogP contribution in [-0.4, -0.2) is 30.3 Å². The van der Waals surface area contributed by atoms with Crippen LogP contribution >= 0.6 is 0 Å². The zero-order chi connectivity index (χ0) is 14.7. The predicted octanol–water partition coefficient (Wildman–Crippen LogP) is 2.09. The van der Waals surface area contributed by atoms with Gasteiger partial charge in [0.05, 0.1) is 5.69 Å². The minimum absolute atomic E-state index is 0.165. The summed E-state index contributed by atoms with van der Waals surface area (Å²) in [4.78, 5) is 19.5. The highest BCUT2D eigenvalue weighted by Gasteiger charge is 2.37. The number of nitrogens with zero attached hydrogens (tertiary/aromatic N) is 1. The van der Waals surface area contributed by atoms with Crippen molar-refractivity contribution in [2.45, 2.75) is 18.4 Å². The quantitative estimate of drug-likeness (QED) is 0.938. The standard InChI is InChI=1S/C16H18N2O3/c1-20-16(7-9-21-10-8-16)15-17-13(11-14(19)18-15)12-5-3-2-4-6-12/h2-6,11H,7-10H2,1H3,(H,17,18,19). The summed E-state index contributed by atoms with van der Waals surface area (Å²) in [5.41, 5.74) is 0.851. The summed E-state index contributed by atoms with van der Waals surface area (Å²) in [6.07, 6.45) is 1.37. The van der Waals surface area contributed by atoms with E-state index >= 15 is 0 Å². The lowest BCUT2D eigenvalue weighted by Crippen LogP contribution is -2.38. The molecule has 1 aromatic carbocycles. The maximum atomic E-state index is 12.0. The number of aromatic nitrogens is 2. The zero-order valence-corrected chi connectivity index (χ0v) is 12.0. The van der Waals surface area contributed by atoms with Gasteiger partial charge in [-0.15, -0.1) is 0 Å². The van der Waals surface area contributed by atoms with E-state index in [1.54, 1.807) is 7.11 Å². The van der Waals surface area contributed by atoms with E-state index in [0.29, 0.717) is 37.6 Å². The average molecular weight is 286 g/mol. The van der Waals surface area contributed by atoms with Gasteiger partial charge in [-0.3, -0.25) is 4.79 Å². The molecule has 2 heterocycles. The lowest BCUT2D eigenvalue weighted by Gasteiger charge is -2.34. The fourth-order valence-corrected chi connectivity index (χ4v) is 2.67. The van der Waals surface area contributed by atoms with Crippen LogP contribution in [-0.2, 0) is 15.1 Å². The summed E-state index contributed by atoms with van der Waals surface area (Å²) < 4.78 is 11.1. The van der Waals surface area contributed by atoms with Crippen molar-refractivity contribution in [3.8, 4) is 11.3 Å². The van der Waals surface area contributed by atoms with Crippen LogP contribution in [0.25, 0.3) is 11.3 Å². The highest BCUT2D eigenvalue weighted by atomic mass is 16.5. The van der Waals surface area contributed by atoms with E-state index in [1.807, 2.05) is 30.3 Å². The summed E-state index contributed by atoms with van der Waals surface area (Å²) in [6, 6.07) is 11.2. The van der Waals surface area contributed by atoms with Crippen molar-refractivity contribution < 1.29 is 9.47 Å². The fourth-order valence-electron chi connectivity index (χ4n) is 2.67. The Morgan fingerprint density at radius 3 is 2.62 bits per heavy atom. The molecule has 5 heteroatoms. The lowest BCUT2D eigenvalue weighted by atomic mass is 9.93.